The second-order valence-corrected chi connectivity index (χ2v) is 4.03. The first kappa shape index (κ1) is 11.3. The number of aromatic carboxylic acids is 1. The van der Waals surface area contributed by atoms with E-state index in [1.807, 2.05) is 32.0 Å². The number of carboxylic acids is 1. The minimum absolute atomic E-state index is 0.00842. The quantitative estimate of drug-likeness (QED) is 0.857. The van der Waals surface area contributed by atoms with Crippen LogP contribution in [0.15, 0.2) is 18.2 Å². The molecular weight excluding hydrogens is 218 g/mol. The zero-order valence-electron chi connectivity index (χ0n) is 9.93. The molecule has 5 heteroatoms. The number of hydrogen-bond acceptors (Lipinski definition) is 3. The van der Waals surface area contributed by atoms with Crippen LogP contribution in [0.2, 0.25) is 0 Å². The van der Waals surface area contributed by atoms with Gasteiger partial charge in [-0.15, -0.1) is 5.10 Å². The molecule has 0 radical (unpaired) electrons. The van der Waals surface area contributed by atoms with E-state index in [0.29, 0.717) is 5.69 Å². The van der Waals surface area contributed by atoms with E-state index in [9.17, 15) is 4.79 Å². The van der Waals surface area contributed by atoms with Crippen molar-refractivity contribution >= 4 is 5.97 Å². The lowest BCUT2D eigenvalue weighted by Gasteiger charge is -2.08. The van der Waals surface area contributed by atoms with Crippen molar-refractivity contribution < 1.29 is 9.90 Å². The summed E-state index contributed by atoms with van der Waals surface area (Å²) in [6.07, 6.45) is 0. The Bertz CT molecular complexity index is 587. The highest BCUT2D eigenvalue weighted by Gasteiger charge is 2.16. The third-order valence-electron chi connectivity index (χ3n) is 2.69. The number of benzene rings is 1. The summed E-state index contributed by atoms with van der Waals surface area (Å²) in [6, 6.07) is 5.94. The standard InChI is InChI=1S/C12H13N3O2/c1-7-4-5-8(2)10(6-7)15-9(3)11(12(16)17)13-14-15/h4-6H,1-3H3,(H,16,17). The van der Waals surface area contributed by atoms with Crippen LogP contribution in [0.5, 0.6) is 0 Å². The SMILES string of the molecule is Cc1ccc(C)c(-n2nnc(C(=O)O)c2C)c1. The molecule has 0 amide bonds. The highest BCUT2D eigenvalue weighted by molar-refractivity contribution is 5.86. The molecule has 2 aromatic rings. The normalized spacial score (nSPS) is 10.5. The molecule has 17 heavy (non-hydrogen) atoms. The van der Waals surface area contributed by atoms with Gasteiger partial charge in [-0.2, -0.15) is 0 Å². The summed E-state index contributed by atoms with van der Waals surface area (Å²) < 4.78 is 1.56. The molecule has 0 spiro atoms. The van der Waals surface area contributed by atoms with Crippen LogP contribution in [0, 0.1) is 20.8 Å². The number of rotatable bonds is 2. The van der Waals surface area contributed by atoms with Gasteiger partial charge in [0.15, 0.2) is 5.69 Å². The molecule has 1 aromatic heterocycles. The smallest absolute Gasteiger partial charge is 0.358 e. The Morgan fingerprint density at radius 2 is 2.00 bits per heavy atom. The number of nitrogens with zero attached hydrogens (tertiary/aromatic N) is 3. The predicted octanol–water partition coefficient (Wildman–Crippen LogP) is 1.89. The van der Waals surface area contributed by atoms with E-state index in [-0.39, 0.29) is 5.69 Å². The van der Waals surface area contributed by atoms with E-state index in [2.05, 4.69) is 10.3 Å². The summed E-state index contributed by atoms with van der Waals surface area (Å²) in [6.45, 7) is 5.63. The molecule has 1 aromatic carbocycles. The van der Waals surface area contributed by atoms with E-state index >= 15 is 0 Å². The lowest BCUT2D eigenvalue weighted by molar-refractivity contribution is 0.0689. The highest BCUT2D eigenvalue weighted by Crippen LogP contribution is 2.17. The summed E-state index contributed by atoms with van der Waals surface area (Å²) in [7, 11) is 0. The molecule has 1 heterocycles. The fraction of sp³-hybridized carbons (Fsp3) is 0.250. The largest absolute Gasteiger partial charge is 0.476 e. The molecule has 0 fully saturated rings. The summed E-state index contributed by atoms with van der Waals surface area (Å²) in [5.74, 6) is -1.06. The van der Waals surface area contributed by atoms with Crippen LogP contribution in [-0.4, -0.2) is 26.1 Å². The van der Waals surface area contributed by atoms with Gasteiger partial charge in [-0.25, -0.2) is 9.48 Å². The van der Waals surface area contributed by atoms with Gasteiger partial charge in [0.2, 0.25) is 0 Å². The zero-order valence-corrected chi connectivity index (χ0v) is 9.93. The first-order valence-corrected chi connectivity index (χ1v) is 5.24. The maximum atomic E-state index is 10.9. The van der Waals surface area contributed by atoms with Crippen LogP contribution in [0.1, 0.15) is 27.3 Å². The van der Waals surface area contributed by atoms with Crippen LogP contribution >= 0.6 is 0 Å². The first-order chi connectivity index (χ1) is 8.00. The van der Waals surface area contributed by atoms with Crippen molar-refractivity contribution in [3.05, 3.63) is 40.7 Å². The molecule has 5 nitrogen and oxygen atoms in total. The molecular formula is C12H13N3O2. The predicted molar refractivity (Wildman–Crippen MR) is 62.5 cm³/mol. The molecule has 0 bridgehead atoms. The lowest BCUT2D eigenvalue weighted by Crippen LogP contribution is -2.04. The first-order valence-electron chi connectivity index (χ1n) is 5.24. The van der Waals surface area contributed by atoms with Gasteiger partial charge >= 0.3 is 5.97 Å². The number of carbonyl (C=O) groups is 1. The molecule has 0 unspecified atom stereocenters. The molecule has 0 saturated heterocycles. The van der Waals surface area contributed by atoms with Gasteiger partial charge < -0.3 is 5.11 Å². The molecule has 2 rings (SSSR count). The molecule has 0 saturated carbocycles. The van der Waals surface area contributed by atoms with Crippen molar-refractivity contribution in [3.8, 4) is 5.69 Å². The topological polar surface area (TPSA) is 68.0 Å². The third-order valence-corrected chi connectivity index (χ3v) is 2.69. The van der Waals surface area contributed by atoms with Crippen molar-refractivity contribution in [3.63, 3.8) is 0 Å². The monoisotopic (exact) mass is 231 g/mol. The van der Waals surface area contributed by atoms with Crippen LogP contribution in [-0.2, 0) is 0 Å². The number of aryl methyl sites for hydroxylation is 2. The average Bonchev–Trinajstić information content (AvgIpc) is 2.64. The maximum Gasteiger partial charge on any atom is 0.358 e. The van der Waals surface area contributed by atoms with Gasteiger partial charge in [-0.3, -0.25) is 0 Å². The molecule has 0 aliphatic heterocycles. The summed E-state index contributed by atoms with van der Waals surface area (Å²) in [4.78, 5) is 10.9. The summed E-state index contributed by atoms with van der Waals surface area (Å²) in [5, 5.41) is 16.5. The Hall–Kier alpha value is -2.17. The van der Waals surface area contributed by atoms with Crippen molar-refractivity contribution in [1.29, 1.82) is 0 Å². The maximum absolute atomic E-state index is 10.9. The van der Waals surface area contributed by atoms with Crippen molar-refractivity contribution in [2.45, 2.75) is 20.8 Å². The number of aromatic nitrogens is 3. The fourth-order valence-corrected chi connectivity index (χ4v) is 1.70. The average molecular weight is 231 g/mol. The molecule has 88 valence electrons. The van der Waals surface area contributed by atoms with Gasteiger partial charge in [0.05, 0.1) is 11.4 Å². The van der Waals surface area contributed by atoms with Crippen molar-refractivity contribution in [2.75, 3.05) is 0 Å². The van der Waals surface area contributed by atoms with Gasteiger partial charge in [-0.05, 0) is 38.0 Å². The van der Waals surface area contributed by atoms with Crippen molar-refractivity contribution in [2.24, 2.45) is 0 Å². The molecule has 1 N–H and O–H groups in total. The Morgan fingerprint density at radius 1 is 1.29 bits per heavy atom. The third kappa shape index (κ3) is 1.91. The number of hydrogen-bond donors (Lipinski definition) is 1. The van der Waals surface area contributed by atoms with Gasteiger partial charge in [0, 0.05) is 0 Å². The minimum Gasteiger partial charge on any atom is -0.476 e. The lowest BCUT2D eigenvalue weighted by atomic mass is 10.1. The Morgan fingerprint density at radius 3 is 2.59 bits per heavy atom. The fourth-order valence-electron chi connectivity index (χ4n) is 1.70. The van der Waals surface area contributed by atoms with Gasteiger partial charge in [0.25, 0.3) is 0 Å². The minimum atomic E-state index is -1.06. The van der Waals surface area contributed by atoms with E-state index in [1.54, 1.807) is 11.6 Å². The zero-order chi connectivity index (χ0) is 12.6. The Labute approximate surface area is 98.7 Å². The second-order valence-electron chi connectivity index (χ2n) is 4.03. The highest BCUT2D eigenvalue weighted by atomic mass is 16.4. The molecule has 0 aliphatic rings. The van der Waals surface area contributed by atoms with Crippen LogP contribution in [0.4, 0.5) is 0 Å². The van der Waals surface area contributed by atoms with Gasteiger partial charge in [0.1, 0.15) is 0 Å². The summed E-state index contributed by atoms with van der Waals surface area (Å²) >= 11 is 0. The Balaban J connectivity index is 2.61. The van der Waals surface area contributed by atoms with Crippen LogP contribution < -0.4 is 0 Å². The van der Waals surface area contributed by atoms with E-state index < -0.39 is 5.97 Å². The molecule has 0 atom stereocenters. The second kappa shape index (κ2) is 4.01. The van der Waals surface area contributed by atoms with E-state index in [4.69, 9.17) is 5.11 Å². The Kier molecular flexibility index (Phi) is 2.67. The van der Waals surface area contributed by atoms with Crippen molar-refractivity contribution in [1.82, 2.24) is 15.0 Å². The number of carboxylic acid groups (broad SMARTS) is 1. The van der Waals surface area contributed by atoms with Crippen LogP contribution in [0.25, 0.3) is 5.69 Å². The van der Waals surface area contributed by atoms with E-state index in [0.717, 1.165) is 16.8 Å². The van der Waals surface area contributed by atoms with Gasteiger partial charge in [-0.1, -0.05) is 17.3 Å². The summed E-state index contributed by atoms with van der Waals surface area (Å²) in [5.41, 5.74) is 3.51. The van der Waals surface area contributed by atoms with Crippen LogP contribution in [0.3, 0.4) is 0 Å². The molecule has 0 aliphatic carbocycles. The van der Waals surface area contributed by atoms with E-state index in [1.165, 1.54) is 0 Å².